The number of ether oxygens (including phenoxy) is 2. The van der Waals surface area contributed by atoms with Gasteiger partial charge in [-0.2, -0.15) is 0 Å². The van der Waals surface area contributed by atoms with E-state index in [-0.39, 0.29) is 5.75 Å². The number of rotatable bonds is 6. The van der Waals surface area contributed by atoms with Crippen LogP contribution in [-0.2, 0) is 11.9 Å². The zero-order valence-electron chi connectivity index (χ0n) is 11.3. The van der Waals surface area contributed by atoms with Gasteiger partial charge in [-0.05, 0) is 30.7 Å². The van der Waals surface area contributed by atoms with Gasteiger partial charge in [0.05, 0.1) is 6.61 Å². The Hall–Kier alpha value is -1.68. The minimum Gasteiger partial charge on any atom is -0.508 e. The monoisotopic (exact) mass is 336 g/mol. The number of hydrogen-bond acceptors (Lipinski definition) is 3. The molecule has 2 rings (SSSR count). The number of halogens is 1. The molecule has 106 valence electrons. The van der Waals surface area contributed by atoms with Crippen LogP contribution in [0.25, 0.3) is 0 Å². The summed E-state index contributed by atoms with van der Waals surface area (Å²) in [6.07, 6.45) is 0. The summed E-state index contributed by atoms with van der Waals surface area (Å²) in [6.45, 7) is 2.98. The van der Waals surface area contributed by atoms with Crippen LogP contribution in [0.2, 0.25) is 0 Å². The van der Waals surface area contributed by atoms with Gasteiger partial charge >= 0.3 is 0 Å². The summed E-state index contributed by atoms with van der Waals surface area (Å²) < 4.78 is 11.5. The highest BCUT2D eigenvalue weighted by Crippen LogP contribution is 2.33. The zero-order chi connectivity index (χ0) is 14.4. The lowest BCUT2D eigenvalue weighted by atomic mass is 10.2. The first-order valence-corrected chi connectivity index (χ1v) is 7.58. The van der Waals surface area contributed by atoms with Gasteiger partial charge in [-0.1, -0.05) is 40.2 Å². The summed E-state index contributed by atoms with van der Waals surface area (Å²) in [7, 11) is 0. The normalized spacial score (nSPS) is 10.3. The largest absolute Gasteiger partial charge is 0.508 e. The van der Waals surface area contributed by atoms with Crippen LogP contribution in [0.1, 0.15) is 18.1 Å². The van der Waals surface area contributed by atoms with E-state index in [2.05, 4.69) is 15.9 Å². The quantitative estimate of drug-likeness (QED) is 0.801. The standard InChI is InChI=1S/C16H17BrO3/c1-2-19-15-5-3-4-13(10-17)16(15)20-11-12-6-8-14(18)9-7-12/h3-9,18H,2,10-11H2,1H3. The van der Waals surface area contributed by atoms with Crippen molar-refractivity contribution in [2.45, 2.75) is 18.9 Å². The van der Waals surface area contributed by atoms with Crippen molar-refractivity contribution in [3.8, 4) is 17.2 Å². The predicted octanol–water partition coefficient (Wildman–Crippen LogP) is 4.26. The Bertz CT molecular complexity index is 552. The van der Waals surface area contributed by atoms with Crippen molar-refractivity contribution in [3.63, 3.8) is 0 Å². The Labute approximate surface area is 127 Å². The number of aromatic hydroxyl groups is 1. The molecule has 0 saturated carbocycles. The van der Waals surface area contributed by atoms with Gasteiger partial charge in [-0.25, -0.2) is 0 Å². The van der Waals surface area contributed by atoms with E-state index in [1.807, 2.05) is 37.3 Å². The number of benzene rings is 2. The molecular formula is C16H17BrO3. The Morgan fingerprint density at radius 3 is 2.45 bits per heavy atom. The zero-order valence-corrected chi connectivity index (χ0v) is 12.9. The molecule has 2 aromatic carbocycles. The first-order valence-electron chi connectivity index (χ1n) is 6.46. The van der Waals surface area contributed by atoms with Crippen LogP contribution < -0.4 is 9.47 Å². The first-order chi connectivity index (χ1) is 9.74. The molecule has 0 saturated heterocycles. The lowest BCUT2D eigenvalue weighted by Crippen LogP contribution is -2.01. The lowest BCUT2D eigenvalue weighted by Gasteiger charge is -2.15. The van der Waals surface area contributed by atoms with Crippen LogP contribution in [-0.4, -0.2) is 11.7 Å². The molecule has 0 aliphatic heterocycles. The van der Waals surface area contributed by atoms with E-state index in [0.717, 1.165) is 22.6 Å². The van der Waals surface area contributed by atoms with E-state index in [1.165, 1.54) is 0 Å². The molecule has 0 spiro atoms. The van der Waals surface area contributed by atoms with E-state index >= 15 is 0 Å². The highest BCUT2D eigenvalue weighted by atomic mass is 79.9. The summed E-state index contributed by atoms with van der Waals surface area (Å²) in [5.74, 6) is 1.77. The third-order valence-electron chi connectivity index (χ3n) is 2.82. The van der Waals surface area contributed by atoms with Gasteiger partial charge in [0, 0.05) is 10.9 Å². The molecule has 0 atom stereocenters. The molecular weight excluding hydrogens is 320 g/mol. The summed E-state index contributed by atoms with van der Waals surface area (Å²) in [5.41, 5.74) is 2.05. The second-order valence-corrected chi connectivity index (χ2v) is 4.83. The second-order valence-electron chi connectivity index (χ2n) is 4.27. The van der Waals surface area contributed by atoms with Gasteiger partial charge in [0.15, 0.2) is 11.5 Å². The topological polar surface area (TPSA) is 38.7 Å². The average Bonchev–Trinajstić information content (AvgIpc) is 2.47. The van der Waals surface area contributed by atoms with Gasteiger partial charge in [0.25, 0.3) is 0 Å². The average molecular weight is 337 g/mol. The Morgan fingerprint density at radius 2 is 1.80 bits per heavy atom. The van der Waals surface area contributed by atoms with Crippen LogP contribution in [0.15, 0.2) is 42.5 Å². The minimum atomic E-state index is 0.254. The predicted molar refractivity (Wildman–Crippen MR) is 82.7 cm³/mol. The van der Waals surface area contributed by atoms with E-state index in [0.29, 0.717) is 18.5 Å². The van der Waals surface area contributed by atoms with Gasteiger partial charge in [-0.15, -0.1) is 0 Å². The smallest absolute Gasteiger partial charge is 0.165 e. The summed E-state index contributed by atoms with van der Waals surface area (Å²) in [5, 5.41) is 9.98. The number of para-hydroxylation sites is 1. The Kier molecular flexibility index (Phi) is 5.30. The molecule has 0 aromatic heterocycles. The van der Waals surface area contributed by atoms with Crippen LogP contribution in [0.4, 0.5) is 0 Å². The molecule has 0 bridgehead atoms. The summed E-state index contributed by atoms with van der Waals surface area (Å²) >= 11 is 3.46. The fraction of sp³-hybridized carbons (Fsp3) is 0.250. The first kappa shape index (κ1) is 14.7. The fourth-order valence-electron chi connectivity index (χ4n) is 1.85. The molecule has 0 aliphatic rings. The molecule has 3 nitrogen and oxygen atoms in total. The SMILES string of the molecule is CCOc1cccc(CBr)c1OCc1ccc(O)cc1. The molecule has 20 heavy (non-hydrogen) atoms. The van der Waals surface area contributed by atoms with Crippen LogP contribution >= 0.6 is 15.9 Å². The second kappa shape index (κ2) is 7.20. The van der Waals surface area contributed by atoms with Crippen molar-refractivity contribution in [2.75, 3.05) is 6.61 Å². The fourth-order valence-corrected chi connectivity index (χ4v) is 2.29. The molecule has 0 heterocycles. The van der Waals surface area contributed by atoms with E-state index in [9.17, 15) is 5.11 Å². The number of phenolic OH excluding ortho intramolecular Hbond substituents is 1. The molecule has 1 N–H and O–H groups in total. The van der Waals surface area contributed by atoms with Crippen LogP contribution in [0, 0.1) is 0 Å². The number of alkyl halides is 1. The van der Waals surface area contributed by atoms with Crippen molar-refractivity contribution in [1.82, 2.24) is 0 Å². The van der Waals surface area contributed by atoms with Crippen LogP contribution in [0.5, 0.6) is 17.2 Å². The summed E-state index contributed by atoms with van der Waals surface area (Å²) in [6, 6.07) is 12.8. The van der Waals surface area contributed by atoms with Crippen molar-refractivity contribution >= 4 is 15.9 Å². The van der Waals surface area contributed by atoms with Gasteiger partial charge in [0.1, 0.15) is 12.4 Å². The Balaban J connectivity index is 2.16. The van der Waals surface area contributed by atoms with Gasteiger partial charge in [0.2, 0.25) is 0 Å². The minimum absolute atomic E-state index is 0.254. The lowest BCUT2D eigenvalue weighted by molar-refractivity contribution is 0.267. The Morgan fingerprint density at radius 1 is 1.05 bits per heavy atom. The maximum atomic E-state index is 9.27. The third-order valence-corrected chi connectivity index (χ3v) is 3.43. The van der Waals surface area contributed by atoms with Crippen molar-refractivity contribution in [1.29, 1.82) is 0 Å². The molecule has 0 unspecified atom stereocenters. The van der Waals surface area contributed by atoms with Gasteiger partial charge < -0.3 is 14.6 Å². The summed E-state index contributed by atoms with van der Waals surface area (Å²) in [4.78, 5) is 0. The van der Waals surface area contributed by atoms with Crippen molar-refractivity contribution in [2.24, 2.45) is 0 Å². The molecule has 0 radical (unpaired) electrons. The van der Waals surface area contributed by atoms with Crippen molar-refractivity contribution < 1.29 is 14.6 Å². The van der Waals surface area contributed by atoms with Crippen LogP contribution in [0.3, 0.4) is 0 Å². The highest BCUT2D eigenvalue weighted by molar-refractivity contribution is 9.08. The molecule has 0 fully saturated rings. The number of phenols is 1. The van der Waals surface area contributed by atoms with Crippen molar-refractivity contribution in [3.05, 3.63) is 53.6 Å². The van der Waals surface area contributed by atoms with Gasteiger partial charge in [-0.3, -0.25) is 0 Å². The molecule has 4 heteroatoms. The molecule has 2 aromatic rings. The maximum absolute atomic E-state index is 9.27. The van der Waals surface area contributed by atoms with E-state index in [1.54, 1.807) is 12.1 Å². The highest BCUT2D eigenvalue weighted by Gasteiger charge is 2.10. The molecule has 0 amide bonds. The number of hydrogen-bond donors (Lipinski definition) is 1. The molecule has 0 aliphatic carbocycles. The maximum Gasteiger partial charge on any atom is 0.165 e. The van der Waals surface area contributed by atoms with E-state index in [4.69, 9.17) is 9.47 Å². The van der Waals surface area contributed by atoms with E-state index < -0.39 is 0 Å². The third kappa shape index (κ3) is 3.67.